The summed E-state index contributed by atoms with van der Waals surface area (Å²) in [6.07, 6.45) is 3.47. The van der Waals surface area contributed by atoms with Gasteiger partial charge in [0, 0.05) is 33.3 Å². The molecule has 1 saturated heterocycles. The van der Waals surface area contributed by atoms with E-state index >= 15 is 0 Å². The zero-order valence-corrected chi connectivity index (χ0v) is 24.4. The molecule has 2 aromatic heterocycles. The van der Waals surface area contributed by atoms with Crippen LogP contribution in [0.4, 0.5) is 25.0 Å². The average molecular weight is 578 g/mol. The first-order chi connectivity index (χ1) is 19.8. The number of rotatable bonds is 9. The molecule has 0 bridgehead atoms. The average Bonchev–Trinajstić information content (AvgIpc) is 3.37. The van der Waals surface area contributed by atoms with E-state index in [2.05, 4.69) is 31.8 Å². The van der Waals surface area contributed by atoms with Gasteiger partial charge in [0.2, 0.25) is 5.95 Å². The van der Waals surface area contributed by atoms with Gasteiger partial charge in [-0.25, -0.2) is 13.8 Å². The lowest BCUT2D eigenvalue weighted by molar-refractivity contribution is -0.0164. The van der Waals surface area contributed by atoms with Gasteiger partial charge in [0.15, 0.2) is 5.82 Å². The normalized spacial score (nSPS) is 19.0. The Labute approximate surface area is 240 Å². The largest absolute Gasteiger partial charge is 0.383 e. The highest BCUT2D eigenvalue weighted by Crippen LogP contribution is 2.30. The van der Waals surface area contributed by atoms with Gasteiger partial charge in [-0.2, -0.15) is 9.97 Å². The number of aromatic nitrogens is 4. The smallest absolute Gasteiger partial charge is 0.296 e. The number of imidazole rings is 1. The van der Waals surface area contributed by atoms with Gasteiger partial charge >= 0.3 is 0 Å². The summed E-state index contributed by atoms with van der Waals surface area (Å²) in [4.78, 5) is 15.8. The van der Waals surface area contributed by atoms with Gasteiger partial charge in [-0.05, 0) is 44.7 Å². The number of morpholine rings is 1. The fraction of sp³-hybridized carbons (Fsp3) is 0.621. The molecule has 1 saturated carbocycles. The molecule has 41 heavy (non-hydrogen) atoms. The molecule has 226 valence electrons. The zero-order valence-electron chi connectivity index (χ0n) is 24.4. The number of ether oxygens (including phenoxy) is 2. The summed E-state index contributed by atoms with van der Waals surface area (Å²) in [5.74, 6) is 1.84. The van der Waals surface area contributed by atoms with Crippen molar-refractivity contribution in [2.24, 2.45) is 5.92 Å². The molecule has 5 rings (SSSR count). The van der Waals surface area contributed by atoms with Gasteiger partial charge in [-0.1, -0.05) is 31.4 Å². The molecule has 9 nitrogen and oxygen atoms in total. The molecule has 1 unspecified atom stereocenters. The lowest BCUT2D eigenvalue weighted by Crippen LogP contribution is -2.44. The second kappa shape index (κ2) is 14.8. The molecule has 2 aliphatic rings. The zero-order chi connectivity index (χ0) is 29.4. The van der Waals surface area contributed by atoms with Gasteiger partial charge in [-0.3, -0.25) is 4.57 Å². The van der Waals surface area contributed by atoms with Crippen LogP contribution in [0.1, 0.15) is 58.2 Å². The van der Waals surface area contributed by atoms with Crippen molar-refractivity contribution in [3.63, 3.8) is 0 Å². The highest BCUT2D eigenvalue weighted by Gasteiger charge is 2.25. The van der Waals surface area contributed by atoms with E-state index in [9.17, 15) is 13.3 Å². The van der Waals surface area contributed by atoms with Crippen molar-refractivity contribution in [2.75, 3.05) is 57.3 Å². The molecule has 0 radical (unpaired) electrons. The fourth-order valence-corrected chi connectivity index (χ4v) is 5.23. The molecule has 3 aromatic rings. The van der Waals surface area contributed by atoms with E-state index in [1.807, 2.05) is 6.07 Å². The summed E-state index contributed by atoms with van der Waals surface area (Å²) in [6.45, 7) is 6.94. The molecule has 1 N–H and O–H groups in total. The Bertz CT molecular complexity index is 1240. The van der Waals surface area contributed by atoms with Crippen molar-refractivity contribution in [1.82, 2.24) is 24.6 Å². The van der Waals surface area contributed by atoms with Gasteiger partial charge in [-0.15, -0.1) is 9.60 Å². The number of methoxy groups -OCH3 is 1. The third-order valence-corrected chi connectivity index (χ3v) is 7.66. The lowest BCUT2D eigenvalue weighted by atomic mass is 9.89. The Kier molecular flexibility index (Phi) is 11.2. The maximum atomic E-state index is 14.0. The lowest BCUT2D eigenvalue weighted by Gasteiger charge is -2.34. The number of alkyl halides is 2. The maximum Gasteiger partial charge on any atom is 0.296 e. The molecule has 0 spiro atoms. The molecule has 1 aliphatic carbocycles. The van der Waals surface area contributed by atoms with Crippen LogP contribution in [0.25, 0.3) is 16.9 Å². The summed E-state index contributed by atoms with van der Waals surface area (Å²) >= 11 is 0. The number of para-hydroxylation sites is 2. The first-order valence-corrected chi connectivity index (χ1v) is 14.4. The number of benzene rings is 1. The maximum absolute atomic E-state index is 14.0. The standard InChI is InChI=1S/C24H30F2N6O.C5H12FNO/c1-16-15-33-12-11-31(16)20-13-21(30-24(29-20)27-14-17-7-3-2-4-8-17)32-19-10-6-5-9-18(19)28-23(32)22(25)26;1-5(4-8-3)7(2)6/h5-6,9-10,13,16-17,22H,2-4,7-8,11-12,14-15H2,1H3,(H,27,29,30);5H,4H2,1-3H3/t16-;/m0./s1. The first kappa shape index (κ1) is 31.0. The SMILES string of the molecule is COCC(C)N(C)F.C[C@H]1COCCN1c1cc(-n2c(C(F)F)nc3ccccc32)nc(NCC2CCCCC2)n1. The topological polar surface area (TPSA) is 80.6 Å². The van der Waals surface area contributed by atoms with Gasteiger partial charge in [0.25, 0.3) is 6.43 Å². The number of likely N-dealkylation sites (N-methyl/N-ethyl adjacent to an activating group) is 1. The molecule has 2 fully saturated rings. The number of anilines is 2. The minimum atomic E-state index is -2.73. The van der Waals surface area contributed by atoms with E-state index in [-0.39, 0.29) is 17.9 Å². The summed E-state index contributed by atoms with van der Waals surface area (Å²) < 4.78 is 51.7. The number of hydrogen-bond acceptors (Lipinski definition) is 8. The van der Waals surface area contributed by atoms with Crippen LogP contribution in [-0.4, -0.2) is 83.8 Å². The van der Waals surface area contributed by atoms with Crippen LogP contribution in [-0.2, 0) is 9.47 Å². The Morgan fingerprint density at radius 1 is 1.12 bits per heavy atom. The molecular formula is C29H42F3N7O2. The van der Waals surface area contributed by atoms with E-state index in [1.54, 1.807) is 38.3 Å². The number of hydrogen-bond donors (Lipinski definition) is 1. The summed E-state index contributed by atoms with van der Waals surface area (Å²) in [6, 6.07) is 8.93. The summed E-state index contributed by atoms with van der Waals surface area (Å²) in [7, 11) is 2.93. The van der Waals surface area contributed by atoms with E-state index in [4.69, 9.17) is 9.72 Å². The Morgan fingerprint density at radius 3 is 2.51 bits per heavy atom. The number of fused-ring (bicyclic) bond motifs is 1. The number of halogens is 3. The predicted octanol–water partition coefficient (Wildman–Crippen LogP) is 5.81. The van der Waals surface area contributed by atoms with Gasteiger partial charge < -0.3 is 19.7 Å². The Morgan fingerprint density at radius 2 is 1.85 bits per heavy atom. The van der Waals surface area contributed by atoms with Crippen LogP contribution in [0, 0.1) is 5.92 Å². The van der Waals surface area contributed by atoms with E-state index in [1.165, 1.54) is 43.7 Å². The second-order valence-corrected chi connectivity index (χ2v) is 10.8. The third kappa shape index (κ3) is 8.08. The fourth-order valence-electron chi connectivity index (χ4n) is 5.23. The quantitative estimate of drug-likeness (QED) is 0.320. The van der Waals surface area contributed by atoms with Crippen molar-refractivity contribution in [3.05, 3.63) is 36.2 Å². The molecule has 1 aromatic carbocycles. The third-order valence-electron chi connectivity index (χ3n) is 7.66. The first-order valence-electron chi connectivity index (χ1n) is 14.4. The monoisotopic (exact) mass is 577 g/mol. The minimum Gasteiger partial charge on any atom is -0.383 e. The molecule has 12 heteroatoms. The Balaban J connectivity index is 0.000000426. The van der Waals surface area contributed by atoms with Gasteiger partial charge in [0.1, 0.15) is 11.6 Å². The van der Waals surface area contributed by atoms with Crippen LogP contribution >= 0.6 is 0 Å². The number of nitrogens with one attached hydrogen (secondary N) is 1. The van der Waals surface area contributed by atoms with Crippen molar-refractivity contribution < 1.29 is 22.7 Å². The highest BCUT2D eigenvalue weighted by molar-refractivity contribution is 5.78. The second-order valence-electron chi connectivity index (χ2n) is 10.8. The molecule has 0 amide bonds. The summed E-state index contributed by atoms with van der Waals surface area (Å²) in [5.41, 5.74) is 1.12. The van der Waals surface area contributed by atoms with Crippen LogP contribution < -0.4 is 10.2 Å². The molecule has 3 heterocycles. The molecular weight excluding hydrogens is 535 g/mol. The molecule has 2 atom stereocenters. The van der Waals surface area contributed by atoms with E-state index in [0.29, 0.717) is 66.0 Å². The highest BCUT2D eigenvalue weighted by atomic mass is 19.3. The van der Waals surface area contributed by atoms with E-state index < -0.39 is 6.43 Å². The van der Waals surface area contributed by atoms with Crippen LogP contribution in [0.2, 0.25) is 0 Å². The van der Waals surface area contributed by atoms with Crippen molar-refractivity contribution >= 4 is 22.8 Å². The predicted molar refractivity (Wildman–Crippen MR) is 155 cm³/mol. The van der Waals surface area contributed by atoms with Gasteiger partial charge in [0.05, 0.1) is 42.9 Å². The van der Waals surface area contributed by atoms with Crippen molar-refractivity contribution in [3.8, 4) is 5.82 Å². The minimum absolute atomic E-state index is 0.127. The molecule has 1 aliphatic heterocycles. The van der Waals surface area contributed by atoms with Crippen molar-refractivity contribution in [1.29, 1.82) is 0 Å². The van der Waals surface area contributed by atoms with Crippen LogP contribution in [0.3, 0.4) is 0 Å². The number of nitrogens with zero attached hydrogens (tertiary/aromatic N) is 6. The van der Waals surface area contributed by atoms with Crippen LogP contribution in [0.5, 0.6) is 0 Å². The van der Waals surface area contributed by atoms with Crippen LogP contribution in [0.15, 0.2) is 30.3 Å². The summed E-state index contributed by atoms with van der Waals surface area (Å²) in [5, 5.41) is 4.03. The van der Waals surface area contributed by atoms with E-state index in [0.717, 1.165) is 6.54 Å². The Hall–Kier alpha value is -2.96. The van der Waals surface area contributed by atoms with Crippen molar-refractivity contribution in [2.45, 2.75) is 64.5 Å².